The Labute approximate surface area is 149 Å². The predicted octanol–water partition coefficient (Wildman–Crippen LogP) is 3.35. The summed E-state index contributed by atoms with van der Waals surface area (Å²) in [6.07, 6.45) is 3.90. The van der Waals surface area contributed by atoms with Crippen LogP contribution in [0.3, 0.4) is 0 Å². The fraction of sp³-hybridized carbons (Fsp3) is 0.632. The van der Waals surface area contributed by atoms with Crippen molar-refractivity contribution in [1.29, 1.82) is 0 Å². The van der Waals surface area contributed by atoms with E-state index < -0.39 is 0 Å². The van der Waals surface area contributed by atoms with E-state index in [-0.39, 0.29) is 23.3 Å². The fourth-order valence-corrected chi connectivity index (χ4v) is 3.24. The third-order valence-electron chi connectivity index (χ3n) is 4.74. The van der Waals surface area contributed by atoms with Gasteiger partial charge in [0.25, 0.3) is 5.91 Å². The van der Waals surface area contributed by atoms with E-state index in [1.54, 1.807) is 0 Å². The summed E-state index contributed by atoms with van der Waals surface area (Å²) in [5, 5.41) is 7.13. The van der Waals surface area contributed by atoms with E-state index in [4.69, 9.17) is 9.51 Å². The first-order valence-corrected chi connectivity index (χ1v) is 9.00. The van der Waals surface area contributed by atoms with Gasteiger partial charge in [-0.05, 0) is 13.3 Å². The molecule has 1 aliphatic rings. The van der Waals surface area contributed by atoms with Crippen molar-refractivity contribution >= 4 is 5.91 Å². The van der Waals surface area contributed by atoms with Gasteiger partial charge in [0, 0.05) is 36.5 Å². The Morgan fingerprint density at radius 1 is 1.40 bits per heavy atom. The summed E-state index contributed by atoms with van der Waals surface area (Å²) < 4.78 is 7.52. The molecule has 2 aromatic rings. The largest absolute Gasteiger partial charge is 0.360 e. The van der Waals surface area contributed by atoms with Crippen LogP contribution in [0.5, 0.6) is 0 Å². The Kier molecular flexibility index (Phi) is 4.47. The molecule has 2 aromatic heterocycles. The minimum atomic E-state index is -0.0907. The third kappa shape index (κ3) is 3.48. The monoisotopic (exact) mass is 344 g/mol. The van der Waals surface area contributed by atoms with Gasteiger partial charge in [0.05, 0.1) is 11.4 Å². The number of nitrogens with one attached hydrogen (secondary N) is 1. The Morgan fingerprint density at radius 2 is 2.12 bits per heavy atom. The molecular weight excluding hydrogens is 316 g/mol. The van der Waals surface area contributed by atoms with Crippen LogP contribution in [-0.2, 0) is 18.4 Å². The number of aryl methyl sites for hydroxylation is 2. The lowest BCUT2D eigenvalue weighted by molar-refractivity contribution is 0.0924. The quantitative estimate of drug-likeness (QED) is 0.927. The van der Waals surface area contributed by atoms with Gasteiger partial charge in [-0.3, -0.25) is 4.79 Å². The maximum absolute atomic E-state index is 12.8. The first kappa shape index (κ1) is 17.7. The summed E-state index contributed by atoms with van der Waals surface area (Å²) in [4.78, 5) is 17.5. The molecule has 3 heterocycles. The molecule has 0 aromatic carbocycles. The van der Waals surface area contributed by atoms with Crippen LogP contribution in [0.25, 0.3) is 0 Å². The molecule has 0 bridgehead atoms. The van der Waals surface area contributed by atoms with Crippen LogP contribution >= 0.6 is 0 Å². The lowest BCUT2D eigenvalue weighted by atomic mass is 9.93. The zero-order valence-electron chi connectivity index (χ0n) is 16.0. The van der Waals surface area contributed by atoms with Gasteiger partial charge >= 0.3 is 0 Å². The molecule has 6 heteroatoms. The zero-order chi connectivity index (χ0) is 18.4. The standard InChI is InChI=1S/C19H28N4O2/c1-11(2)17-16(12(3)22-25-17)18(24)20-13-7-8-15-21-14(19(4,5)6)10-23(15)9-13/h10-11,13H,7-9H2,1-6H3,(H,20,24)/t13-/m0/s1. The Bertz CT molecular complexity index is 780. The van der Waals surface area contributed by atoms with Crippen molar-refractivity contribution in [2.75, 3.05) is 0 Å². The lowest BCUT2D eigenvalue weighted by Crippen LogP contribution is -2.41. The Hall–Kier alpha value is -2.11. The first-order valence-electron chi connectivity index (χ1n) is 9.00. The number of imidazole rings is 1. The summed E-state index contributed by atoms with van der Waals surface area (Å²) in [6.45, 7) is 13.1. The number of fused-ring (bicyclic) bond motifs is 1. The van der Waals surface area contributed by atoms with Gasteiger partial charge in [-0.1, -0.05) is 39.8 Å². The minimum absolute atomic E-state index is 0.0365. The number of amides is 1. The van der Waals surface area contributed by atoms with Gasteiger partial charge in [-0.2, -0.15) is 0 Å². The Balaban J connectivity index is 1.74. The number of hydrogen-bond acceptors (Lipinski definition) is 4. The normalized spacial score (nSPS) is 17.6. The highest BCUT2D eigenvalue weighted by Crippen LogP contribution is 2.25. The SMILES string of the molecule is Cc1noc(C(C)C)c1C(=O)N[C@H]1CCc2nc(C(C)(C)C)cn2C1. The van der Waals surface area contributed by atoms with Crippen LogP contribution in [0, 0.1) is 6.92 Å². The van der Waals surface area contributed by atoms with E-state index in [1.165, 1.54) is 0 Å². The number of nitrogens with zero attached hydrogens (tertiary/aromatic N) is 3. The maximum atomic E-state index is 12.8. The van der Waals surface area contributed by atoms with E-state index in [1.807, 2.05) is 20.8 Å². The summed E-state index contributed by atoms with van der Waals surface area (Å²) in [5.41, 5.74) is 2.37. The minimum Gasteiger partial charge on any atom is -0.360 e. The molecule has 0 saturated carbocycles. The summed E-state index contributed by atoms with van der Waals surface area (Å²) in [5.74, 6) is 1.80. The highest BCUT2D eigenvalue weighted by atomic mass is 16.5. The number of hydrogen-bond donors (Lipinski definition) is 1. The topological polar surface area (TPSA) is 73.0 Å². The molecule has 25 heavy (non-hydrogen) atoms. The van der Waals surface area contributed by atoms with Crippen LogP contribution in [0.2, 0.25) is 0 Å². The van der Waals surface area contributed by atoms with E-state index in [0.717, 1.165) is 30.9 Å². The zero-order valence-corrected chi connectivity index (χ0v) is 16.0. The number of carbonyl (C=O) groups excluding carboxylic acids is 1. The molecule has 136 valence electrons. The average molecular weight is 344 g/mol. The van der Waals surface area contributed by atoms with Crippen LogP contribution < -0.4 is 5.32 Å². The molecule has 0 radical (unpaired) electrons. The fourth-order valence-electron chi connectivity index (χ4n) is 3.24. The van der Waals surface area contributed by atoms with E-state index in [0.29, 0.717) is 17.0 Å². The van der Waals surface area contributed by atoms with Crippen molar-refractivity contribution in [1.82, 2.24) is 20.0 Å². The second kappa shape index (κ2) is 6.32. The lowest BCUT2D eigenvalue weighted by Gasteiger charge is -2.24. The van der Waals surface area contributed by atoms with Crippen LogP contribution in [0.4, 0.5) is 0 Å². The maximum Gasteiger partial charge on any atom is 0.257 e. The molecule has 0 aliphatic carbocycles. The molecule has 0 fully saturated rings. The highest BCUT2D eigenvalue weighted by Gasteiger charge is 2.28. The molecule has 0 spiro atoms. The third-order valence-corrected chi connectivity index (χ3v) is 4.74. The van der Waals surface area contributed by atoms with Crippen molar-refractivity contribution in [3.8, 4) is 0 Å². The smallest absolute Gasteiger partial charge is 0.257 e. The molecule has 1 amide bonds. The van der Waals surface area contributed by atoms with E-state index >= 15 is 0 Å². The second-order valence-corrected chi connectivity index (χ2v) is 8.32. The second-order valence-electron chi connectivity index (χ2n) is 8.32. The molecule has 3 rings (SSSR count). The van der Waals surface area contributed by atoms with Gasteiger partial charge in [-0.25, -0.2) is 4.98 Å². The van der Waals surface area contributed by atoms with Gasteiger partial charge in [0.15, 0.2) is 5.76 Å². The highest BCUT2D eigenvalue weighted by molar-refractivity contribution is 5.96. The average Bonchev–Trinajstić information content (AvgIpc) is 3.09. The summed E-state index contributed by atoms with van der Waals surface area (Å²) >= 11 is 0. The number of rotatable bonds is 3. The van der Waals surface area contributed by atoms with Crippen molar-refractivity contribution in [3.63, 3.8) is 0 Å². The molecule has 0 saturated heterocycles. The molecule has 1 N–H and O–H groups in total. The summed E-state index contributed by atoms with van der Waals surface area (Å²) in [6, 6.07) is 0.0938. The van der Waals surface area contributed by atoms with Crippen LogP contribution in [0.1, 0.15) is 80.3 Å². The van der Waals surface area contributed by atoms with Gasteiger partial charge in [0.1, 0.15) is 11.4 Å². The molecule has 0 unspecified atom stereocenters. The van der Waals surface area contributed by atoms with Gasteiger partial charge in [-0.15, -0.1) is 0 Å². The number of carbonyl (C=O) groups is 1. The first-order chi connectivity index (χ1) is 11.7. The Morgan fingerprint density at radius 3 is 2.76 bits per heavy atom. The van der Waals surface area contributed by atoms with Crippen molar-refractivity contribution in [3.05, 3.63) is 34.7 Å². The van der Waals surface area contributed by atoms with Gasteiger partial charge in [0.2, 0.25) is 0 Å². The van der Waals surface area contributed by atoms with Crippen LogP contribution in [0.15, 0.2) is 10.7 Å². The van der Waals surface area contributed by atoms with Gasteiger partial charge < -0.3 is 14.4 Å². The summed E-state index contributed by atoms with van der Waals surface area (Å²) in [7, 11) is 0. The van der Waals surface area contributed by atoms with Crippen molar-refractivity contribution < 1.29 is 9.32 Å². The number of aromatic nitrogens is 3. The van der Waals surface area contributed by atoms with E-state index in [9.17, 15) is 4.79 Å². The van der Waals surface area contributed by atoms with Crippen LogP contribution in [-0.4, -0.2) is 26.7 Å². The van der Waals surface area contributed by atoms with E-state index in [2.05, 4.69) is 42.0 Å². The molecular formula is C19H28N4O2. The molecule has 1 atom stereocenters. The molecule has 1 aliphatic heterocycles. The van der Waals surface area contributed by atoms with Crippen molar-refractivity contribution in [2.24, 2.45) is 0 Å². The predicted molar refractivity (Wildman–Crippen MR) is 95.8 cm³/mol. The molecule has 6 nitrogen and oxygen atoms in total. The van der Waals surface area contributed by atoms with Crippen molar-refractivity contribution in [2.45, 2.75) is 78.3 Å².